The molecular formula is C12H10BrNO2. The average molecular weight is 280 g/mol. The van der Waals surface area contributed by atoms with Crippen LogP contribution in [0.3, 0.4) is 0 Å². The zero-order chi connectivity index (χ0) is 11.7. The van der Waals surface area contributed by atoms with Crippen molar-refractivity contribution in [3.8, 4) is 11.3 Å². The van der Waals surface area contributed by atoms with Gasteiger partial charge in [0.05, 0.1) is 5.56 Å². The first-order valence-electron chi connectivity index (χ1n) is 4.77. The Kier molecular flexibility index (Phi) is 2.83. The second-order valence-corrected chi connectivity index (χ2v) is 4.45. The third-order valence-electron chi connectivity index (χ3n) is 2.38. The summed E-state index contributed by atoms with van der Waals surface area (Å²) >= 11 is 3.38. The van der Waals surface area contributed by atoms with Crippen LogP contribution in [0.1, 0.15) is 16.1 Å². The Bertz CT molecular complexity index is 546. The van der Waals surface area contributed by atoms with Crippen LogP contribution in [0, 0.1) is 6.92 Å². The van der Waals surface area contributed by atoms with Gasteiger partial charge in [-0.05, 0) is 30.7 Å². The Balaban J connectivity index is 2.49. The van der Waals surface area contributed by atoms with Crippen molar-refractivity contribution < 1.29 is 9.90 Å². The molecule has 0 spiro atoms. The summed E-state index contributed by atoms with van der Waals surface area (Å²) in [7, 11) is 0. The number of aromatic nitrogens is 1. The number of H-pyrrole nitrogens is 1. The van der Waals surface area contributed by atoms with Gasteiger partial charge in [0, 0.05) is 15.9 Å². The number of hydrogen-bond donors (Lipinski definition) is 2. The molecule has 1 aromatic carbocycles. The molecule has 2 N–H and O–H groups in total. The topological polar surface area (TPSA) is 53.1 Å². The molecule has 0 aliphatic carbocycles. The Morgan fingerprint density at radius 3 is 2.69 bits per heavy atom. The Hall–Kier alpha value is -1.55. The van der Waals surface area contributed by atoms with E-state index in [1.54, 1.807) is 13.0 Å². The number of aryl methyl sites for hydroxylation is 1. The number of halogens is 1. The first-order valence-corrected chi connectivity index (χ1v) is 5.56. The molecule has 0 saturated heterocycles. The van der Waals surface area contributed by atoms with E-state index in [2.05, 4.69) is 20.9 Å². The van der Waals surface area contributed by atoms with Gasteiger partial charge in [-0.25, -0.2) is 4.79 Å². The van der Waals surface area contributed by atoms with E-state index in [1.807, 2.05) is 24.3 Å². The zero-order valence-electron chi connectivity index (χ0n) is 8.62. The van der Waals surface area contributed by atoms with Crippen molar-refractivity contribution >= 4 is 21.9 Å². The van der Waals surface area contributed by atoms with E-state index in [-0.39, 0.29) is 0 Å². The number of carbonyl (C=O) groups is 1. The van der Waals surface area contributed by atoms with Crippen LogP contribution < -0.4 is 0 Å². The van der Waals surface area contributed by atoms with E-state index in [0.29, 0.717) is 11.3 Å². The van der Waals surface area contributed by atoms with Gasteiger partial charge in [-0.15, -0.1) is 0 Å². The third-order valence-corrected chi connectivity index (χ3v) is 2.87. The highest BCUT2D eigenvalue weighted by molar-refractivity contribution is 9.10. The zero-order valence-corrected chi connectivity index (χ0v) is 10.2. The highest BCUT2D eigenvalue weighted by Gasteiger charge is 2.11. The second kappa shape index (κ2) is 4.14. The number of benzene rings is 1. The molecule has 3 nitrogen and oxygen atoms in total. The maximum atomic E-state index is 10.9. The van der Waals surface area contributed by atoms with Gasteiger partial charge in [0.1, 0.15) is 0 Å². The summed E-state index contributed by atoms with van der Waals surface area (Å²) in [5.41, 5.74) is 2.76. The van der Waals surface area contributed by atoms with Gasteiger partial charge in [-0.3, -0.25) is 0 Å². The van der Waals surface area contributed by atoms with Gasteiger partial charge >= 0.3 is 5.97 Å². The van der Waals surface area contributed by atoms with Crippen molar-refractivity contribution in [1.29, 1.82) is 0 Å². The van der Waals surface area contributed by atoms with E-state index < -0.39 is 5.97 Å². The largest absolute Gasteiger partial charge is 0.478 e. The van der Waals surface area contributed by atoms with E-state index in [4.69, 9.17) is 5.11 Å². The maximum Gasteiger partial charge on any atom is 0.337 e. The van der Waals surface area contributed by atoms with E-state index in [9.17, 15) is 4.79 Å². The summed E-state index contributed by atoms with van der Waals surface area (Å²) in [4.78, 5) is 14.0. The molecule has 0 unspecified atom stereocenters. The van der Waals surface area contributed by atoms with Gasteiger partial charge in [0.25, 0.3) is 0 Å². The molecule has 0 amide bonds. The first-order chi connectivity index (χ1) is 7.58. The molecule has 82 valence electrons. The molecule has 1 aromatic heterocycles. The van der Waals surface area contributed by atoms with E-state index >= 15 is 0 Å². The lowest BCUT2D eigenvalue weighted by Gasteiger charge is -1.97. The Morgan fingerprint density at radius 1 is 1.38 bits per heavy atom. The van der Waals surface area contributed by atoms with Crippen molar-refractivity contribution in [3.05, 3.63) is 46.1 Å². The minimum Gasteiger partial charge on any atom is -0.478 e. The molecule has 0 aliphatic rings. The van der Waals surface area contributed by atoms with Gasteiger partial charge in [-0.2, -0.15) is 0 Å². The number of aromatic amines is 1. The molecule has 2 aromatic rings. The van der Waals surface area contributed by atoms with Gasteiger partial charge in [0.2, 0.25) is 0 Å². The van der Waals surface area contributed by atoms with Crippen LogP contribution in [0.4, 0.5) is 0 Å². The van der Waals surface area contributed by atoms with Crippen molar-refractivity contribution in [2.45, 2.75) is 6.92 Å². The monoisotopic (exact) mass is 279 g/mol. The average Bonchev–Trinajstić information content (AvgIpc) is 2.60. The molecule has 0 aliphatic heterocycles. The molecule has 0 radical (unpaired) electrons. The summed E-state index contributed by atoms with van der Waals surface area (Å²) in [6, 6.07) is 9.37. The number of carboxylic acid groups (broad SMARTS) is 1. The minimum atomic E-state index is -0.907. The van der Waals surface area contributed by atoms with Crippen LogP contribution in [-0.2, 0) is 0 Å². The molecule has 2 rings (SSSR count). The highest BCUT2D eigenvalue weighted by Crippen LogP contribution is 2.24. The van der Waals surface area contributed by atoms with E-state index in [1.165, 1.54) is 0 Å². The summed E-state index contributed by atoms with van der Waals surface area (Å²) < 4.78 is 0.967. The van der Waals surface area contributed by atoms with Crippen LogP contribution in [-0.4, -0.2) is 16.1 Å². The first kappa shape index (κ1) is 11.0. The molecule has 4 heteroatoms. The summed E-state index contributed by atoms with van der Waals surface area (Å²) in [5, 5.41) is 8.95. The predicted molar refractivity (Wildman–Crippen MR) is 65.6 cm³/mol. The lowest BCUT2D eigenvalue weighted by molar-refractivity contribution is 0.0696. The fourth-order valence-electron chi connectivity index (χ4n) is 1.59. The van der Waals surface area contributed by atoms with Crippen molar-refractivity contribution in [3.63, 3.8) is 0 Å². The van der Waals surface area contributed by atoms with Crippen molar-refractivity contribution in [1.82, 2.24) is 4.98 Å². The number of carboxylic acids is 1. The van der Waals surface area contributed by atoms with Crippen molar-refractivity contribution in [2.75, 3.05) is 0 Å². The quantitative estimate of drug-likeness (QED) is 0.885. The molecule has 1 heterocycles. The lowest BCUT2D eigenvalue weighted by Crippen LogP contribution is -1.95. The lowest BCUT2D eigenvalue weighted by atomic mass is 10.1. The van der Waals surface area contributed by atoms with Gasteiger partial charge < -0.3 is 10.1 Å². The fraction of sp³-hybridized carbons (Fsp3) is 0.0833. The number of nitrogens with one attached hydrogen (secondary N) is 1. The number of aromatic carboxylic acids is 1. The smallest absolute Gasteiger partial charge is 0.337 e. The standard InChI is InChI=1S/C12H10BrNO2/c1-7-10(12(15)16)6-11(14-7)8-3-2-4-9(13)5-8/h2-6,14H,1H3,(H,15,16). The minimum absolute atomic E-state index is 0.315. The fourth-order valence-corrected chi connectivity index (χ4v) is 1.99. The van der Waals surface area contributed by atoms with Crippen LogP contribution in [0.25, 0.3) is 11.3 Å². The predicted octanol–water partition coefficient (Wildman–Crippen LogP) is 3.45. The van der Waals surface area contributed by atoms with Gasteiger partial charge in [0.15, 0.2) is 0 Å². The summed E-state index contributed by atoms with van der Waals surface area (Å²) in [6.07, 6.45) is 0. The van der Waals surface area contributed by atoms with Crippen molar-refractivity contribution in [2.24, 2.45) is 0 Å². The van der Waals surface area contributed by atoms with E-state index in [0.717, 1.165) is 15.7 Å². The van der Waals surface area contributed by atoms with Gasteiger partial charge in [-0.1, -0.05) is 28.1 Å². The normalized spacial score (nSPS) is 10.4. The van der Waals surface area contributed by atoms with Crippen LogP contribution >= 0.6 is 15.9 Å². The molecule has 0 saturated carbocycles. The van der Waals surface area contributed by atoms with Crippen LogP contribution in [0.2, 0.25) is 0 Å². The summed E-state index contributed by atoms with van der Waals surface area (Å²) in [6.45, 7) is 1.75. The van der Waals surface area contributed by atoms with Crippen LogP contribution in [0.5, 0.6) is 0 Å². The number of rotatable bonds is 2. The van der Waals surface area contributed by atoms with Crippen LogP contribution in [0.15, 0.2) is 34.8 Å². The SMILES string of the molecule is Cc1[nH]c(-c2cccc(Br)c2)cc1C(=O)O. The maximum absolute atomic E-state index is 10.9. The Labute approximate surface area is 101 Å². The Morgan fingerprint density at radius 2 is 2.12 bits per heavy atom. The second-order valence-electron chi connectivity index (χ2n) is 3.54. The molecule has 0 atom stereocenters. The number of hydrogen-bond acceptors (Lipinski definition) is 1. The third kappa shape index (κ3) is 2.02. The molecule has 0 bridgehead atoms. The summed E-state index contributed by atoms with van der Waals surface area (Å²) in [5.74, 6) is -0.907. The highest BCUT2D eigenvalue weighted by atomic mass is 79.9. The molecule has 0 fully saturated rings. The molecule has 16 heavy (non-hydrogen) atoms. The molecular weight excluding hydrogens is 270 g/mol.